The number of para-hydroxylation sites is 1. The van der Waals surface area contributed by atoms with Gasteiger partial charge in [-0.25, -0.2) is 0 Å². The van der Waals surface area contributed by atoms with Gasteiger partial charge < -0.3 is 14.7 Å². The molecular formula is C19H13N2O2. The third-order valence-corrected chi connectivity index (χ3v) is 3.74. The minimum absolute atomic E-state index is 0.289. The Balaban J connectivity index is 1.58. The molecule has 0 saturated carbocycles. The Hall–Kier alpha value is -3.27. The maximum atomic E-state index is 12.4. The van der Waals surface area contributed by atoms with Crippen LogP contribution in [0.5, 0.6) is 0 Å². The summed E-state index contributed by atoms with van der Waals surface area (Å²) in [6.07, 6.45) is 2.91. The van der Waals surface area contributed by atoms with Crippen LogP contribution in [-0.2, 0) is 4.79 Å². The zero-order valence-corrected chi connectivity index (χ0v) is 12.2. The molecule has 0 aliphatic rings. The highest BCUT2D eigenvalue weighted by atomic mass is 16.3. The zero-order valence-electron chi connectivity index (χ0n) is 12.2. The van der Waals surface area contributed by atoms with E-state index in [4.69, 9.17) is 4.42 Å². The van der Waals surface area contributed by atoms with Crippen molar-refractivity contribution in [2.45, 2.75) is 0 Å². The van der Waals surface area contributed by atoms with Crippen LogP contribution in [0.25, 0.3) is 27.4 Å². The van der Waals surface area contributed by atoms with Gasteiger partial charge in [0.25, 0.3) is 5.91 Å². The molecule has 0 atom stereocenters. The molecule has 2 N–H and O–H groups in total. The van der Waals surface area contributed by atoms with E-state index < -0.39 is 0 Å². The number of carbonyl (C=O) groups excluding carboxylic acids is 1. The van der Waals surface area contributed by atoms with Crippen LogP contribution in [0, 0.1) is 6.20 Å². The summed E-state index contributed by atoms with van der Waals surface area (Å²) in [6, 6.07) is 16.9. The van der Waals surface area contributed by atoms with Gasteiger partial charge in [-0.05, 0) is 36.4 Å². The van der Waals surface area contributed by atoms with Gasteiger partial charge in [0.05, 0.1) is 11.8 Å². The lowest BCUT2D eigenvalue weighted by Crippen LogP contribution is -2.12. The highest BCUT2D eigenvalue weighted by molar-refractivity contribution is 6.24. The lowest BCUT2D eigenvalue weighted by Gasteiger charge is -2.06. The maximum absolute atomic E-state index is 12.4. The smallest absolute Gasteiger partial charge is 0.258 e. The molecule has 0 unspecified atom stereocenters. The van der Waals surface area contributed by atoms with Crippen molar-refractivity contribution in [1.29, 1.82) is 0 Å². The number of H-pyrrole nitrogens is 1. The van der Waals surface area contributed by atoms with Crippen LogP contribution < -0.4 is 5.32 Å². The van der Waals surface area contributed by atoms with Crippen molar-refractivity contribution in [2.75, 3.05) is 5.32 Å². The largest absolute Gasteiger partial charge is 0.456 e. The van der Waals surface area contributed by atoms with Crippen LogP contribution in [0.2, 0.25) is 0 Å². The van der Waals surface area contributed by atoms with Crippen molar-refractivity contribution in [3.63, 3.8) is 0 Å². The van der Waals surface area contributed by atoms with E-state index in [-0.39, 0.29) is 5.91 Å². The van der Waals surface area contributed by atoms with Crippen LogP contribution in [0.4, 0.5) is 5.69 Å². The summed E-state index contributed by atoms with van der Waals surface area (Å²) in [5.74, 6) is 0.183. The molecule has 2 aromatic heterocycles. The molecule has 0 aliphatic carbocycles. The number of furan rings is 1. The van der Waals surface area contributed by atoms with Gasteiger partial charge in [-0.3, -0.25) is 4.79 Å². The van der Waals surface area contributed by atoms with Gasteiger partial charge in [0, 0.05) is 22.0 Å². The van der Waals surface area contributed by atoms with E-state index in [9.17, 15) is 4.79 Å². The Kier molecular flexibility index (Phi) is 3.01. The number of rotatable bonds is 3. The van der Waals surface area contributed by atoms with E-state index in [2.05, 4.69) is 23.1 Å². The van der Waals surface area contributed by atoms with E-state index in [1.807, 2.05) is 54.6 Å². The predicted molar refractivity (Wildman–Crippen MR) is 91.0 cm³/mol. The second-order valence-corrected chi connectivity index (χ2v) is 5.30. The van der Waals surface area contributed by atoms with E-state index in [0.717, 1.165) is 21.9 Å². The molecule has 4 heteroatoms. The van der Waals surface area contributed by atoms with Gasteiger partial charge in [-0.15, -0.1) is 0 Å². The summed E-state index contributed by atoms with van der Waals surface area (Å²) in [4.78, 5) is 15.4. The molecule has 0 bridgehead atoms. The minimum Gasteiger partial charge on any atom is -0.456 e. The van der Waals surface area contributed by atoms with Crippen molar-refractivity contribution < 1.29 is 9.21 Å². The monoisotopic (exact) mass is 301 g/mol. The first-order valence-corrected chi connectivity index (χ1v) is 7.19. The number of fused-ring (bicyclic) bond motifs is 2. The van der Waals surface area contributed by atoms with Crippen molar-refractivity contribution in [2.24, 2.45) is 0 Å². The number of anilines is 1. The number of nitrogens with one attached hydrogen (secondary N) is 2. The summed E-state index contributed by atoms with van der Waals surface area (Å²) in [7, 11) is 0. The Bertz CT molecular complexity index is 1010. The third kappa shape index (κ3) is 2.40. The van der Waals surface area contributed by atoms with Crippen LogP contribution in [0.15, 0.2) is 65.6 Å². The fourth-order valence-corrected chi connectivity index (χ4v) is 2.51. The molecule has 4 nitrogen and oxygen atoms in total. The molecule has 0 aliphatic heterocycles. The first kappa shape index (κ1) is 13.4. The first-order valence-electron chi connectivity index (χ1n) is 7.19. The van der Waals surface area contributed by atoms with Gasteiger partial charge in [0.1, 0.15) is 11.3 Å². The average molecular weight is 301 g/mol. The van der Waals surface area contributed by atoms with Gasteiger partial charge in [0.2, 0.25) is 0 Å². The van der Waals surface area contributed by atoms with Crippen LogP contribution in [0.3, 0.4) is 0 Å². The molecule has 1 amide bonds. The van der Waals surface area contributed by atoms with Crippen molar-refractivity contribution in [3.8, 4) is 0 Å². The van der Waals surface area contributed by atoms with Gasteiger partial charge in [-0.1, -0.05) is 24.8 Å². The standard InChI is InChI=1S/C19H13N2O2/c1-12(18-11-14-4-2-3-5-17(14)23-18)19(22)21-15-6-7-16-13(10-15)8-9-20-16/h2-8,10-11,20H,1H2,(H,21,22). The number of aromatic nitrogens is 1. The number of amides is 1. The van der Waals surface area contributed by atoms with E-state index >= 15 is 0 Å². The molecule has 1 radical (unpaired) electrons. The Morgan fingerprint density at radius 2 is 2.00 bits per heavy atom. The van der Waals surface area contributed by atoms with E-state index in [0.29, 0.717) is 17.0 Å². The van der Waals surface area contributed by atoms with Gasteiger partial charge in [0.15, 0.2) is 0 Å². The molecule has 0 saturated heterocycles. The first-order chi connectivity index (χ1) is 11.2. The second-order valence-electron chi connectivity index (χ2n) is 5.30. The SMILES string of the molecule is C=C(C(=O)Nc1ccc2[nH][c]cc2c1)c1cc2ccccc2o1. The summed E-state index contributed by atoms with van der Waals surface area (Å²) in [5.41, 5.74) is 2.70. The fourth-order valence-electron chi connectivity index (χ4n) is 2.51. The van der Waals surface area contributed by atoms with Gasteiger partial charge in [-0.2, -0.15) is 0 Å². The van der Waals surface area contributed by atoms with Gasteiger partial charge >= 0.3 is 0 Å². The third-order valence-electron chi connectivity index (χ3n) is 3.74. The molecule has 23 heavy (non-hydrogen) atoms. The fraction of sp³-hybridized carbons (Fsp3) is 0. The zero-order chi connectivity index (χ0) is 15.8. The van der Waals surface area contributed by atoms with E-state index in [1.54, 1.807) is 0 Å². The number of benzene rings is 2. The summed E-state index contributed by atoms with van der Waals surface area (Å²) < 4.78 is 5.68. The lowest BCUT2D eigenvalue weighted by atomic mass is 10.2. The van der Waals surface area contributed by atoms with Crippen molar-refractivity contribution in [3.05, 3.63) is 73.1 Å². The normalized spacial score (nSPS) is 11.0. The Morgan fingerprint density at radius 3 is 2.87 bits per heavy atom. The van der Waals surface area contributed by atoms with Crippen LogP contribution in [-0.4, -0.2) is 10.9 Å². The topological polar surface area (TPSA) is 58.0 Å². The Morgan fingerprint density at radius 1 is 1.13 bits per heavy atom. The number of hydrogen-bond acceptors (Lipinski definition) is 2. The molecule has 111 valence electrons. The van der Waals surface area contributed by atoms with Crippen LogP contribution >= 0.6 is 0 Å². The highest BCUT2D eigenvalue weighted by Gasteiger charge is 2.14. The molecule has 4 aromatic rings. The number of aromatic amines is 1. The predicted octanol–water partition coefficient (Wildman–Crippen LogP) is 4.37. The number of hydrogen-bond donors (Lipinski definition) is 2. The lowest BCUT2D eigenvalue weighted by molar-refractivity contribution is -0.111. The molecular weight excluding hydrogens is 288 g/mol. The number of carbonyl (C=O) groups is 1. The second kappa shape index (κ2) is 5.18. The van der Waals surface area contributed by atoms with Crippen LogP contribution in [0.1, 0.15) is 5.76 Å². The molecule has 2 heterocycles. The van der Waals surface area contributed by atoms with Crippen molar-refractivity contribution in [1.82, 2.24) is 4.98 Å². The summed E-state index contributed by atoms with van der Waals surface area (Å²) >= 11 is 0. The molecule has 2 aromatic carbocycles. The average Bonchev–Trinajstić information content (AvgIpc) is 3.19. The molecule has 4 rings (SSSR count). The minimum atomic E-state index is -0.289. The quantitative estimate of drug-likeness (QED) is 0.552. The Labute approximate surface area is 132 Å². The van der Waals surface area contributed by atoms with Crippen molar-refractivity contribution >= 4 is 39.0 Å². The molecule has 0 fully saturated rings. The highest BCUT2D eigenvalue weighted by Crippen LogP contribution is 2.25. The summed E-state index contributed by atoms with van der Waals surface area (Å²) in [6.45, 7) is 3.85. The molecule has 0 spiro atoms. The maximum Gasteiger partial charge on any atom is 0.258 e. The van der Waals surface area contributed by atoms with E-state index in [1.165, 1.54) is 0 Å². The summed E-state index contributed by atoms with van der Waals surface area (Å²) in [5, 5.41) is 4.77.